The summed E-state index contributed by atoms with van der Waals surface area (Å²) in [6.45, 7) is 0. The molecule has 346 valence electrons. The summed E-state index contributed by atoms with van der Waals surface area (Å²) in [5.74, 6) is 9.24. The summed E-state index contributed by atoms with van der Waals surface area (Å²) < 4.78 is 68.8. The van der Waals surface area contributed by atoms with Gasteiger partial charge >= 0.3 is 59.1 Å². The van der Waals surface area contributed by atoms with E-state index in [0.717, 1.165) is 95.7 Å². The van der Waals surface area contributed by atoms with E-state index in [1.807, 2.05) is 0 Å². The van der Waals surface area contributed by atoms with Crippen molar-refractivity contribution < 1.29 is 85.1 Å². The van der Waals surface area contributed by atoms with E-state index in [1.54, 1.807) is 38.5 Å². The fraction of sp³-hybridized carbons (Fsp3) is 1.00. The number of hydrogen-bond donors (Lipinski definition) is 0. The SMILES string of the molecule is O=S(=O)([O-])C1CCC(CCCC2CCC(PC3CC4CCCCC4C(C4C(PC5CCC(CCCC6CCC(S(=O)(=O)[O-])CC6)CC5)CCC5CCCCC54)C3)CC2)CC1.[Na+].[Na+]. The third-order valence-electron chi connectivity index (χ3n) is 19.4. The van der Waals surface area contributed by atoms with Crippen LogP contribution in [0.25, 0.3) is 0 Å². The average Bonchev–Trinajstić information content (AvgIpc) is 3.24. The van der Waals surface area contributed by atoms with Crippen LogP contribution >= 0.6 is 17.2 Å². The minimum Gasteiger partial charge on any atom is -0.748 e. The van der Waals surface area contributed by atoms with Gasteiger partial charge in [-0.15, -0.1) is 17.2 Å². The molecule has 0 heterocycles. The van der Waals surface area contributed by atoms with Crippen molar-refractivity contribution in [3.63, 3.8) is 0 Å². The average molecular weight is 955 g/mol. The Morgan fingerprint density at radius 3 is 1.29 bits per heavy atom. The molecule has 10 atom stereocenters. The largest absolute Gasteiger partial charge is 1.00 e. The van der Waals surface area contributed by atoms with Crippen molar-refractivity contribution in [2.45, 2.75) is 251 Å². The first-order valence-electron chi connectivity index (χ1n) is 26.4. The summed E-state index contributed by atoms with van der Waals surface area (Å²) >= 11 is 0. The van der Waals surface area contributed by atoms with Crippen molar-refractivity contribution >= 4 is 37.4 Å². The summed E-state index contributed by atoms with van der Waals surface area (Å²) in [6, 6.07) is 0. The first-order valence-corrected chi connectivity index (χ1v) is 31.6. The fourth-order valence-electron chi connectivity index (χ4n) is 16.1. The van der Waals surface area contributed by atoms with Crippen molar-refractivity contribution in [1.82, 2.24) is 0 Å². The van der Waals surface area contributed by atoms with Gasteiger partial charge in [-0.25, -0.2) is 16.8 Å². The van der Waals surface area contributed by atoms with E-state index in [0.29, 0.717) is 37.5 Å². The second kappa shape index (κ2) is 25.7. The Labute approximate surface area is 428 Å². The second-order valence-electron chi connectivity index (χ2n) is 22.9. The Morgan fingerprint density at radius 2 is 0.806 bits per heavy atom. The van der Waals surface area contributed by atoms with Gasteiger partial charge in [0.1, 0.15) is 0 Å². The zero-order valence-electron chi connectivity index (χ0n) is 39.5. The van der Waals surface area contributed by atoms with E-state index < -0.39 is 30.7 Å². The molecule has 10 unspecified atom stereocenters. The Bertz CT molecular complexity index is 1540. The Morgan fingerprint density at radius 1 is 0.387 bits per heavy atom. The molecule has 0 aromatic rings. The first-order chi connectivity index (χ1) is 29.0. The predicted octanol–water partition coefficient (Wildman–Crippen LogP) is 7.19. The zero-order valence-corrected chi connectivity index (χ0v) is 47.2. The summed E-state index contributed by atoms with van der Waals surface area (Å²) in [6.07, 6.45) is 44.0. The minimum atomic E-state index is -4.11. The quantitative estimate of drug-likeness (QED) is 0.0977. The van der Waals surface area contributed by atoms with Gasteiger partial charge < -0.3 is 9.11 Å². The molecule has 0 amide bonds. The number of rotatable bonds is 15. The van der Waals surface area contributed by atoms with Crippen molar-refractivity contribution in [2.75, 3.05) is 0 Å². The normalized spacial score (nSPS) is 42.4. The van der Waals surface area contributed by atoms with Crippen LogP contribution in [0.1, 0.15) is 218 Å². The first kappa shape index (κ1) is 54.0. The van der Waals surface area contributed by atoms with Crippen LogP contribution in [-0.2, 0) is 20.2 Å². The van der Waals surface area contributed by atoms with Crippen molar-refractivity contribution in [1.29, 1.82) is 0 Å². The summed E-state index contributed by atoms with van der Waals surface area (Å²) in [4.78, 5) is 0. The Kier molecular flexibility index (Phi) is 22.4. The maximum Gasteiger partial charge on any atom is 1.00 e. The topological polar surface area (TPSA) is 114 Å². The molecule has 62 heavy (non-hydrogen) atoms. The van der Waals surface area contributed by atoms with Gasteiger partial charge in [0.25, 0.3) is 0 Å². The molecular weight excluding hydrogens is 869 g/mol. The van der Waals surface area contributed by atoms with Gasteiger partial charge in [-0.05, 0) is 223 Å². The van der Waals surface area contributed by atoms with Gasteiger partial charge in [0.2, 0.25) is 0 Å². The summed E-state index contributed by atoms with van der Waals surface area (Å²) in [7, 11) is -5.79. The maximum atomic E-state index is 11.5. The molecule has 0 saturated heterocycles. The van der Waals surface area contributed by atoms with Gasteiger partial charge in [0, 0.05) is 10.5 Å². The molecule has 8 rings (SSSR count). The van der Waals surface area contributed by atoms with Gasteiger partial charge in [-0.1, -0.05) is 77.0 Å². The molecule has 8 fully saturated rings. The van der Waals surface area contributed by atoms with E-state index in [9.17, 15) is 25.9 Å². The monoisotopic (exact) mass is 955 g/mol. The Balaban J connectivity index is 0.00000321. The molecule has 8 aliphatic rings. The van der Waals surface area contributed by atoms with Crippen LogP contribution in [0, 0.1) is 59.2 Å². The van der Waals surface area contributed by atoms with Crippen LogP contribution < -0.4 is 59.1 Å². The molecule has 6 nitrogen and oxygen atoms in total. The maximum absolute atomic E-state index is 11.5. The second-order valence-corrected chi connectivity index (χ2v) is 30.1. The van der Waals surface area contributed by atoms with Gasteiger partial charge in [0.15, 0.2) is 0 Å². The van der Waals surface area contributed by atoms with E-state index in [2.05, 4.69) is 0 Å². The summed E-state index contributed by atoms with van der Waals surface area (Å²) in [5, 5.41) is -1.24. The molecule has 12 heteroatoms. The van der Waals surface area contributed by atoms with Crippen LogP contribution in [0.2, 0.25) is 0 Å². The van der Waals surface area contributed by atoms with E-state index in [1.165, 1.54) is 146 Å². The molecule has 8 aliphatic carbocycles. The minimum absolute atomic E-state index is 0. The molecule has 0 radical (unpaired) electrons. The third kappa shape index (κ3) is 15.1. The van der Waals surface area contributed by atoms with Crippen LogP contribution in [-0.4, -0.2) is 59.1 Å². The Hall–Kier alpha value is 2.68. The number of fused-ring (bicyclic) bond motifs is 2. The van der Waals surface area contributed by atoms with Crippen LogP contribution in [0.5, 0.6) is 0 Å². The molecule has 0 aromatic heterocycles. The van der Waals surface area contributed by atoms with Gasteiger partial charge in [-0.3, -0.25) is 0 Å². The molecule has 0 bridgehead atoms. The van der Waals surface area contributed by atoms with E-state index in [4.69, 9.17) is 0 Å². The molecule has 0 spiro atoms. The summed E-state index contributed by atoms with van der Waals surface area (Å²) in [5.41, 5.74) is 3.98. The van der Waals surface area contributed by atoms with Crippen LogP contribution in [0.15, 0.2) is 0 Å². The van der Waals surface area contributed by atoms with Crippen LogP contribution in [0.4, 0.5) is 0 Å². The fourth-order valence-corrected chi connectivity index (χ4v) is 22.3. The molecular formula is C50H86Na2O6P2S2. The van der Waals surface area contributed by atoms with Gasteiger partial charge in [0.05, 0.1) is 20.2 Å². The van der Waals surface area contributed by atoms with Crippen molar-refractivity contribution in [3.8, 4) is 0 Å². The molecule has 0 aromatic carbocycles. The predicted molar refractivity (Wildman–Crippen MR) is 251 cm³/mol. The smallest absolute Gasteiger partial charge is 0.748 e. The van der Waals surface area contributed by atoms with E-state index in [-0.39, 0.29) is 59.1 Å². The molecule has 0 N–H and O–H groups in total. The van der Waals surface area contributed by atoms with E-state index >= 15 is 0 Å². The van der Waals surface area contributed by atoms with Crippen molar-refractivity contribution in [3.05, 3.63) is 0 Å². The molecule has 0 aliphatic heterocycles. The van der Waals surface area contributed by atoms with Gasteiger partial charge in [-0.2, -0.15) is 0 Å². The zero-order chi connectivity index (χ0) is 41.7. The van der Waals surface area contributed by atoms with Crippen molar-refractivity contribution in [2.24, 2.45) is 59.2 Å². The van der Waals surface area contributed by atoms with Crippen LogP contribution in [0.3, 0.4) is 0 Å². The standard InChI is InChI=1S/C50H88O6P2S2.2Na/c51-59(52,53)44-28-19-37(20-29-44)9-5-7-35-15-24-41(25-16-35)57-43-33-40-12-2-3-13-46(40)48(34-43)50-47-14-4-1-11-39(47)23-32-49(50)58-42-26-17-36(18-27-42)8-6-10-38-21-30-45(31-22-38)60(54,55)56;;/h35-50,57-58H,1-34H2,(H,51,52,53)(H,54,55,56);;/q;2*+1/p-2. The number of hydrogen-bond acceptors (Lipinski definition) is 6. The third-order valence-corrected chi connectivity index (χ3v) is 26.1. The molecule has 8 saturated carbocycles.